The molecule has 1 heterocycles. The summed E-state index contributed by atoms with van der Waals surface area (Å²) in [7, 11) is 0. The zero-order valence-corrected chi connectivity index (χ0v) is 22.6. The zero-order chi connectivity index (χ0) is 27.2. The number of thiocarbonyl (C=S) groups is 1. The van der Waals surface area contributed by atoms with Gasteiger partial charge in [0.15, 0.2) is 5.11 Å². The highest BCUT2D eigenvalue weighted by Crippen LogP contribution is 2.21. The summed E-state index contributed by atoms with van der Waals surface area (Å²) in [6.07, 6.45) is 0. The van der Waals surface area contributed by atoms with Crippen LogP contribution in [0.1, 0.15) is 26.3 Å². The lowest BCUT2D eigenvalue weighted by atomic mass is 10.0. The highest BCUT2D eigenvalue weighted by atomic mass is 32.1. The number of aryl methyl sites for hydroxylation is 1. The maximum Gasteiger partial charge on any atom is 0.257 e. The van der Waals surface area contributed by atoms with Gasteiger partial charge in [-0.05, 0) is 78.8 Å². The van der Waals surface area contributed by atoms with Crippen LogP contribution in [0.25, 0.3) is 11.1 Å². The van der Waals surface area contributed by atoms with Crippen LogP contribution < -0.4 is 15.5 Å². The lowest BCUT2D eigenvalue weighted by Gasteiger charge is -2.36. The van der Waals surface area contributed by atoms with Gasteiger partial charge in [-0.2, -0.15) is 0 Å². The SMILES string of the molecule is Cc1ccc(C(=O)N2CCN(c3ccc(NC(=S)NC(=O)c4ccc(-c5ccccc5)cc4)cc3)CC2)cc1. The summed E-state index contributed by atoms with van der Waals surface area (Å²) in [6.45, 7) is 4.90. The number of anilines is 2. The van der Waals surface area contributed by atoms with Crippen LogP contribution in [0.5, 0.6) is 0 Å². The van der Waals surface area contributed by atoms with Gasteiger partial charge in [-0.25, -0.2) is 0 Å². The first-order chi connectivity index (χ1) is 19.0. The van der Waals surface area contributed by atoms with Crippen LogP contribution in [-0.2, 0) is 0 Å². The molecule has 1 aliphatic heterocycles. The number of piperazine rings is 1. The number of hydrogen-bond acceptors (Lipinski definition) is 4. The molecule has 1 saturated heterocycles. The highest BCUT2D eigenvalue weighted by Gasteiger charge is 2.22. The van der Waals surface area contributed by atoms with Gasteiger partial charge in [0.1, 0.15) is 0 Å². The molecule has 0 spiro atoms. The minimum absolute atomic E-state index is 0.0805. The number of carbonyl (C=O) groups excluding carboxylic acids is 2. The predicted molar refractivity (Wildman–Crippen MR) is 161 cm³/mol. The molecule has 39 heavy (non-hydrogen) atoms. The molecule has 0 bridgehead atoms. The third-order valence-corrected chi connectivity index (χ3v) is 7.04. The van der Waals surface area contributed by atoms with Crippen molar-refractivity contribution in [3.8, 4) is 11.1 Å². The predicted octanol–water partition coefficient (Wildman–Crippen LogP) is 5.75. The fourth-order valence-electron chi connectivity index (χ4n) is 4.58. The van der Waals surface area contributed by atoms with Crippen molar-refractivity contribution in [1.82, 2.24) is 10.2 Å². The maximum absolute atomic E-state index is 12.8. The smallest absolute Gasteiger partial charge is 0.257 e. The Morgan fingerprint density at radius 3 is 1.92 bits per heavy atom. The maximum atomic E-state index is 12.8. The van der Waals surface area contributed by atoms with E-state index in [1.165, 1.54) is 0 Å². The molecular formula is C32H30N4O2S. The van der Waals surface area contributed by atoms with Crippen molar-refractivity contribution in [2.45, 2.75) is 6.92 Å². The number of hydrogen-bond donors (Lipinski definition) is 2. The second kappa shape index (κ2) is 11.9. The zero-order valence-electron chi connectivity index (χ0n) is 21.8. The Labute approximate surface area is 234 Å². The molecule has 0 unspecified atom stereocenters. The van der Waals surface area contributed by atoms with E-state index in [0.717, 1.165) is 46.7 Å². The van der Waals surface area contributed by atoms with Crippen molar-refractivity contribution in [3.05, 3.63) is 120 Å². The second-order valence-electron chi connectivity index (χ2n) is 9.54. The van der Waals surface area contributed by atoms with Crippen molar-refractivity contribution >= 4 is 40.5 Å². The standard InChI is InChI=1S/C32H30N4O2S/c1-23-7-9-27(10-8-23)31(38)36-21-19-35(20-22-36)29-17-15-28(16-18-29)33-32(39)34-30(37)26-13-11-25(12-14-26)24-5-3-2-4-6-24/h2-18H,19-22H2,1H3,(H2,33,34,37,39). The van der Waals surface area contributed by atoms with Gasteiger partial charge >= 0.3 is 0 Å². The molecule has 0 aromatic heterocycles. The number of carbonyl (C=O) groups is 2. The van der Waals surface area contributed by atoms with Gasteiger partial charge in [-0.15, -0.1) is 0 Å². The van der Waals surface area contributed by atoms with Crippen LogP contribution in [0.15, 0.2) is 103 Å². The first-order valence-electron chi connectivity index (χ1n) is 12.9. The Balaban J connectivity index is 1.11. The lowest BCUT2D eigenvalue weighted by molar-refractivity contribution is 0.0746. The number of rotatable bonds is 5. The molecule has 0 radical (unpaired) electrons. The molecule has 4 aromatic rings. The summed E-state index contributed by atoms with van der Waals surface area (Å²) in [4.78, 5) is 29.6. The van der Waals surface area contributed by atoms with Gasteiger partial charge in [0.05, 0.1) is 0 Å². The highest BCUT2D eigenvalue weighted by molar-refractivity contribution is 7.80. The van der Waals surface area contributed by atoms with E-state index in [4.69, 9.17) is 12.2 Å². The fraction of sp³-hybridized carbons (Fsp3) is 0.156. The van der Waals surface area contributed by atoms with E-state index in [-0.39, 0.29) is 16.9 Å². The Hall–Kier alpha value is -4.49. The summed E-state index contributed by atoms with van der Waals surface area (Å²) >= 11 is 5.37. The molecule has 196 valence electrons. The Kier molecular flexibility index (Phi) is 7.99. The summed E-state index contributed by atoms with van der Waals surface area (Å²) in [6, 6.07) is 33.1. The van der Waals surface area contributed by atoms with Crippen LogP contribution in [0, 0.1) is 6.92 Å². The van der Waals surface area contributed by atoms with E-state index >= 15 is 0 Å². The molecule has 0 atom stereocenters. The summed E-state index contributed by atoms with van der Waals surface area (Å²) in [5.74, 6) is -0.182. The minimum atomic E-state index is -0.262. The van der Waals surface area contributed by atoms with Crippen LogP contribution in [0.3, 0.4) is 0 Å². The molecule has 1 fully saturated rings. The molecule has 6 nitrogen and oxygen atoms in total. The third kappa shape index (κ3) is 6.51. The molecule has 0 saturated carbocycles. The second-order valence-corrected chi connectivity index (χ2v) is 9.95. The average Bonchev–Trinajstić information content (AvgIpc) is 2.98. The number of benzene rings is 4. The monoisotopic (exact) mass is 534 g/mol. The molecule has 4 aromatic carbocycles. The average molecular weight is 535 g/mol. The lowest BCUT2D eigenvalue weighted by Crippen LogP contribution is -2.48. The topological polar surface area (TPSA) is 64.7 Å². The van der Waals surface area contributed by atoms with Crippen LogP contribution >= 0.6 is 12.2 Å². The fourth-order valence-corrected chi connectivity index (χ4v) is 4.79. The number of amides is 2. The van der Waals surface area contributed by atoms with Crippen molar-refractivity contribution in [2.75, 3.05) is 36.4 Å². The molecule has 5 rings (SSSR count). The first-order valence-corrected chi connectivity index (χ1v) is 13.4. The Bertz CT molecular complexity index is 1450. The minimum Gasteiger partial charge on any atom is -0.368 e. The summed E-state index contributed by atoms with van der Waals surface area (Å²) in [5, 5.41) is 6.07. The Morgan fingerprint density at radius 2 is 1.28 bits per heavy atom. The van der Waals surface area contributed by atoms with E-state index < -0.39 is 0 Å². The van der Waals surface area contributed by atoms with Gasteiger partial charge in [-0.3, -0.25) is 14.9 Å². The van der Waals surface area contributed by atoms with Crippen LogP contribution in [-0.4, -0.2) is 48.0 Å². The van der Waals surface area contributed by atoms with Gasteiger partial charge < -0.3 is 15.1 Å². The number of nitrogens with zero attached hydrogens (tertiary/aromatic N) is 2. The largest absolute Gasteiger partial charge is 0.368 e. The summed E-state index contributed by atoms with van der Waals surface area (Å²) < 4.78 is 0. The molecule has 2 amide bonds. The normalized spacial score (nSPS) is 13.1. The van der Waals surface area contributed by atoms with E-state index in [2.05, 4.69) is 15.5 Å². The Morgan fingerprint density at radius 1 is 0.692 bits per heavy atom. The van der Waals surface area contributed by atoms with E-state index in [1.54, 1.807) is 12.1 Å². The van der Waals surface area contributed by atoms with Gasteiger partial charge in [0, 0.05) is 48.7 Å². The molecule has 1 aliphatic rings. The van der Waals surface area contributed by atoms with Gasteiger partial charge in [0.2, 0.25) is 0 Å². The van der Waals surface area contributed by atoms with Crippen molar-refractivity contribution in [3.63, 3.8) is 0 Å². The molecule has 2 N–H and O–H groups in total. The van der Waals surface area contributed by atoms with E-state index in [1.807, 2.05) is 103 Å². The number of nitrogens with one attached hydrogen (secondary N) is 2. The van der Waals surface area contributed by atoms with Crippen LogP contribution in [0.4, 0.5) is 11.4 Å². The van der Waals surface area contributed by atoms with Crippen molar-refractivity contribution < 1.29 is 9.59 Å². The first kappa shape index (κ1) is 26.1. The van der Waals surface area contributed by atoms with Crippen molar-refractivity contribution in [1.29, 1.82) is 0 Å². The van der Waals surface area contributed by atoms with Gasteiger partial charge in [0.25, 0.3) is 11.8 Å². The van der Waals surface area contributed by atoms with E-state index in [9.17, 15) is 9.59 Å². The molecular weight excluding hydrogens is 504 g/mol. The van der Waals surface area contributed by atoms with Gasteiger partial charge in [-0.1, -0.05) is 60.2 Å². The van der Waals surface area contributed by atoms with Crippen molar-refractivity contribution in [2.24, 2.45) is 0 Å². The summed E-state index contributed by atoms with van der Waals surface area (Å²) in [5.41, 5.74) is 6.43. The quantitative estimate of drug-likeness (QED) is 0.319. The molecule has 0 aliphatic carbocycles. The molecule has 7 heteroatoms. The third-order valence-electron chi connectivity index (χ3n) is 6.84. The van der Waals surface area contributed by atoms with Crippen LogP contribution in [0.2, 0.25) is 0 Å². The van der Waals surface area contributed by atoms with E-state index in [0.29, 0.717) is 18.7 Å².